The first-order chi connectivity index (χ1) is 18.0. The summed E-state index contributed by atoms with van der Waals surface area (Å²) in [6, 6.07) is 5.18. The third-order valence-electron chi connectivity index (χ3n) is 5.91. The molecule has 1 N–H and O–H groups in total. The smallest absolute Gasteiger partial charge is 0.289 e. The van der Waals surface area contributed by atoms with E-state index in [4.69, 9.17) is 18.3 Å². The zero-order valence-electron chi connectivity index (χ0n) is 20.0. The zero-order valence-corrected chi connectivity index (χ0v) is 21.6. The third kappa shape index (κ3) is 5.41. The molecule has 1 fully saturated rings. The van der Waals surface area contributed by atoms with Gasteiger partial charge in [-0.05, 0) is 24.3 Å². The van der Waals surface area contributed by atoms with Crippen LogP contribution in [0.5, 0.6) is 5.75 Å². The maximum absolute atomic E-state index is 13.0. The Balaban J connectivity index is 1.56. The van der Waals surface area contributed by atoms with Gasteiger partial charge in [-0.25, -0.2) is 4.98 Å². The molecule has 194 valence electrons. The Morgan fingerprint density at radius 2 is 2.14 bits per heavy atom. The Kier molecular flexibility index (Phi) is 7.31. The molecule has 5 rings (SSSR count). The number of rotatable bonds is 10. The fourth-order valence-corrected chi connectivity index (χ4v) is 6.06. The fraction of sp³-hybridized carbons (Fsp3) is 0.280. The summed E-state index contributed by atoms with van der Waals surface area (Å²) in [6.07, 6.45) is 8.29. The molecule has 1 aliphatic rings. The van der Waals surface area contributed by atoms with E-state index >= 15 is 0 Å². The van der Waals surface area contributed by atoms with Gasteiger partial charge in [-0.15, -0.1) is 11.3 Å². The predicted octanol–water partition coefficient (Wildman–Crippen LogP) is 4.34. The molecule has 0 atom stereocenters. The number of aromatic nitrogens is 1. The molecule has 0 unspecified atom stereocenters. The van der Waals surface area contributed by atoms with E-state index in [9.17, 15) is 13.2 Å². The van der Waals surface area contributed by atoms with E-state index in [-0.39, 0.29) is 22.2 Å². The van der Waals surface area contributed by atoms with Crippen molar-refractivity contribution in [3.63, 3.8) is 0 Å². The maximum Gasteiger partial charge on any atom is 0.289 e. The first kappa shape index (κ1) is 25.1. The molecule has 0 saturated carbocycles. The van der Waals surface area contributed by atoms with Crippen molar-refractivity contribution >= 4 is 55.6 Å². The van der Waals surface area contributed by atoms with Crippen LogP contribution in [0.1, 0.15) is 17.7 Å². The van der Waals surface area contributed by atoms with Gasteiger partial charge in [-0.2, -0.15) is 8.42 Å². The number of carbonyl (C=O) groups excluding carboxylic acids is 1. The van der Waals surface area contributed by atoms with Gasteiger partial charge in [0.1, 0.15) is 23.4 Å². The number of methoxy groups -OCH3 is 1. The summed E-state index contributed by atoms with van der Waals surface area (Å²) >= 11 is 0.999. The van der Waals surface area contributed by atoms with Gasteiger partial charge in [0.25, 0.3) is 10.0 Å². The number of furan rings is 2. The Morgan fingerprint density at radius 1 is 1.30 bits per heavy atom. The lowest BCUT2D eigenvalue weighted by molar-refractivity contribution is -0.114. The van der Waals surface area contributed by atoms with Gasteiger partial charge in [0.05, 0.1) is 43.3 Å². The van der Waals surface area contributed by atoms with Crippen molar-refractivity contribution in [1.82, 2.24) is 4.98 Å². The number of nitrogens with zero attached hydrogens (tertiary/aromatic N) is 2. The first-order valence-corrected chi connectivity index (χ1v) is 13.9. The van der Waals surface area contributed by atoms with E-state index in [1.165, 1.54) is 19.4 Å². The lowest BCUT2D eigenvalue weighted by Gasteiger charge is -2.28. The monoisotopic (exact) mass is 543 g/mol. The van der Waals surface area contributed by atoms with Gasteiger partial charge < -0.3 is 23.2 Å². The van der Waals surface area contributed by atoms with Crippen molar-refractivity contribution in [3.8, 4) is 5.75 Å². The van der Waals surface area contributed by atoms with Crippen molar-refractivity contribution in [2.45, 2.75) is 17.2 Å². The van der Waals surface area contributed by atoms with Crippen molar-refractivity contribution in [2.24, 2.45) is 0 Å². The number of nitrogens with one attached hydrogen (secondary N) is 1. The number of carbonyl (C=O) groups is 1. The number of ketones is 1. The number of benzene rings is 1. The minimum Gasteiger partial charge on any atom is -0.495 e. The highest BCUT2D eigenvalue weighted by Crippen LogP contribution is 2.43. The molecule has 0 amide bonds. The zero-order chi connectivity index (χ0) is 25.8. The second-order valence-corrected chi connectivity index (χ2v) is 11.0. The van der Waals surface area contributed by atoms with Crippen LogP contribution in [0, 0.1) is 0 Å². The molecule has 3 aromatic heterocycles. The number of fused-ring (bicyclic) bond motifs is 1. The second kappa shape index (κ2) is 10.8. The van der Waals surface area contributed by atoms with Crippen LogP contribution in [0.2, 0.25) is 0 Å². The molecule has 37 heavy (non-hydrogen) atoms. The summed E-state index contributed by atoms with van der Waals surface area (Å²) in [7, 11) is -2.48. The summed E-state index contributed by atoms with van der Waals surface area (Å²) in [6.45, 7) is 2.51. The summed E-state index contributed by atoms with van der Waals surface area (Å²) in [5.41, 5.74) is 1.86. The molecule has 4 heterocycles. The molecule has 1 aromatic carbocycles. The standard InChI is InChI=1S/C25H25N3O7S2/c1-32-24-19(7-5-17(29)4-6-18-3-2-11-34-18)20(27-37(30,31)25-26-8-14-36-25)15-22-23(24)21(16-35-22)28-9-12-33-13-10-28/h2-3,5,7-8,11,14-16,27H,4,6,9-10,12-13H2,1H3/b7-5+. The quantitative estimate of drug-likeness (QED) is 0.291. The SMILES string of the molecule is COc1c(/C=C/C(=O)CCc2ccco2)c(NS(=O)(=O)c2nccs2)cc2occ(N3CCOCC3)c12. The number of allylic oxidation sites excluding steroid dienone is 1. The van der Waals surface area contributed by atoms with Crippen molar-refractivity contribution in [1.29, 1.82) is 0 Å². The molecule has 0 bridgehead atoms. The molecule has 4 aromatic rings. The van der Waals surface area contributed by atoms with Crippen molar-refractivity contribution < 1.29 is 31.5 Å². The number of sulfonamides is 1. The summed E-state index contributed by atoms with van der Waals surface area (Å²) < 4.78 is 51.0. The topological polar surface area (TPSA) is 124 Å². The third-order valence-corrected chi connectivity index (χ3v) is 8.48. The average Bonchev–Trinajstić information content (AvgIpc) is 3.68. The minimum absolute atomic E-state index is 0.0792. The molecule has 0 spiro atoms. The van der Waals surface area contributed by atoms with E-state index in [0.29, 0.717) is 60.8 Å². The molecule has 12 heteroatoms. The van der Waals surface area contributed by atoms with Crippen LogP contribution in [-0.4, -0.2) is 52.6 Å². The van der Waals surface area contributed by atoms with E-state index in [1.807, 2.05) is 6.07 Å². The van der Waals surface area contributed by atoms with Gasteiger partial charge >= 0.3 is 0 Å². The fourth-order valence-electron chi connectivity index (χ4n) is 4.15. The Hall–Kier alpha value is -3.61. The number of thiazole rings is 1. The number of ether oxygens (including phenoxy) is 2. The number of hydrogen-bond donors (Lipinski definition) is 1. The van der Waals surface area contributed by atoms with E-state index in [1.54, 1.807) is 36.1 Å². The molecule has 0 radical (unpaired) electrons. The number of hydrogen-bond acceptors (Lipinski definition) is 10. The van der Waals surface area contributed by atoms with Gasteiger partial charge in [-0.1, -0.05) is 0 Å². The van der Waals surface area contributed by atoms with E-state index < -0.39 is 10.0 Å². The van der Waals surface area contributed by atoms with E-state index in [2.05, 4.69) is 14.6 Å². The molecular formula is C25H25N3O7S2. The Bertz CT molecular complexity index is 1500. The number of aryl methyl sites for hydroxylation is 1. The van der Waals surface area contributed by atoms with Crippen molar-refractivity contribution in [2.75, 3.05) is 43.0 Å². The normalized spacial score (nSPS) is 14.5. The molecule has 0 aliphatic carbocycles. The Labute approximate surface area is 217 Å². The van der Waals surface area contributed by atoms with Gasteiger partial charge in [0, 0.05) is 49.1 Å². The van der Waals surface area contributed by atoms with Crippen LogP contribution in [0.15, 0.2) is 61.6 Å². The second-order valence-electron chi connectivity index (χ2n) is 8.25. The van der Waals surface area contributed by atoms with Crippen LogP contribution >= 0.6 is 11.3 Å². The van der Waals surface area contributed by atoms with Crippen LogP contribution < -0.4 is 14.4 Å². The maximum atomic E-state index is 13.0. The van der Waals surface area contributed by atoms with Gasteiger partial charge in [0.15, 0.2) is 5.78 Å². The molecule has 1 aliphatic heterocycles. The predicted molar refractivity (Wildman–Crippen MR) is 140 cm³/mol. The summed E-state index contributed by atoms with van der Waals surface area (Å²) in [4.78, 5) is 18.7. The molecule has 1 saturated heterocycles. The highest BCUT2D eigenvalue weighted by molar-refractivity contribution is 7.94. The van der Waals surface area contributed by atoms with Crippen LogP contribution in [0.4, 0.5) is 11.4 Å². The number of morpholine rings is 1. The summed E-state index contributed by atoms with van der Waals surface area (Å²) in [5.74, 6) is 0.957. The van der Waals surface area contributed by atoms with E-state index in [0.717, 1.165) is 17.0 Å². The van der Waals surface area contributed by atoms with Crippen molar-refractivity contribution in [3.05, 3.63) is 59.7 Å². The molecule has 10 nitrogen and oxygen atoms in total. The highest BCUT2D eigenvalue weighted by Gasteiger charge is 2.26. The number of anilines is 2. The summed E-state index contributed by atoms with van der Waals surface area (Å²) in [5, 5.41) is 2.27. The van der Waals surface area contributed by atoms with Gasteiger partial charge in [-0.3, -0.25) is 9.52 Å². The largest absolute Gasteiger partial charge is 0.495 e. The molecular weight excluding hydrogens is 518 g/mol. The minimum atomic E-state index is -3.98. The average molecular weight is 544 g/mol. The van der Waals surface area contributed by atoms with Crippen LogP contribution in [-0.2, 0) is 26.0 Å². The van der Waals surface area contributed by atoms with Crippen LogP contribution in [0.3, 0.4) is 0 Å². The van der Waals surface area contributed by atoms with Crippen LogP contribution in [0.25, 0.3) is 17.0 Å². The van der Waals surface area contributed by atoms with Gasteiger partial charge in [0.2, 0.25) is 4.34 Å². The Morgan fingerprint density at radius 3 is 2.84 bits per heavy atom. The highest BCUT2D eigenvalue weighted by atomic mass is 32.2. The first-order valence-electron chi connectivity index (χ1n) is 11.6. The lowest BCUT2D eigenvalue weighted by atomic mass is 10.0. The lowest BCUT2D eigenvalue weighted by Crippen LogP contribution is -2.36.